The summed E-state index contributed by atoms with van der Waals surface area (Å²) in [6.45, 7) is -0.293. The van der Waals surface area contributed by atoms with E-state index < -0.39 is 22.0 Å². The first-order valence-electron chi connectivity index (χ1n) is 10.2. The molecule has 35 heavy (non-hydrogen) atoms. The number of hydrogen-bond donors (Lipinski definition) is 0. The molecule has 0 spiro atoms. The van der Waals surface area contributed by atoms with E-state index in [0.717, 1.165) is 9.37 Å². The molecule has 182 valence electrons. The zero-order valence-corrected chi connectivity index (χ0v) is 19.7. The molecule has 0 aliphatic carbocycles. The molecule has 0 radical (unpaired) electrons. The molecule has 0 N–H and O–H groups in total. The van der Waals surface area contributed by atoms with E-state index in [1.54, 1.807) is 36.4 Å². The van der Waals surface area contributed by atoms with Gasteiger partial charge in [0.25, 0.3) is 0 Å². The fourth-order valence-corrected chi connectivity index (χ4v) is 5.07. The summed E-state index contributed by atoms with van der Waals surface area (Å²) in [5.74, 6) is -0.447. The first-order chi connectivity index (χ1) is 16.7. The largest absolute Gasteiger partial charge is 0.457 e. The molecule has 6 nitrogen and oxygen atoms in total. The van der Waals surface area contributed by atoms with Crippen molar-refractivity contribution in [2.75, 3.05) is 10.1 Å². The summed E-state index contributed by atoms with van der Waals surface area (Å²) in [7, 11) is -4.70. The van der Waals surface area contributed by atoms with Gasteiger partial charge >= 0.3 is 6.18 Å². The molecule has 2 aromatic carbocycles. The average Bonchev–Trinajstić information content (AvgIpc) is 3.32. The van der Waals surface area contributed by atoms with E-state index in [1.165, 1.54) is 48.0 Å². The second-order valence-corrected chi connectivity index (χ2v) is 10.1. The van der Waals surface area contributed by atoms with E-state index in [9.17, 15) is 21.6 Å². The van der Waals surface area contributed by atoms with Crippen LogP contribution in [0.3, 0.4) is 0 Å². The van der Waals surface area contributed by atoms with Gasteiger partial charge in [-0.25, -0.2) is 8.42 Å². The highest BCUT2D eigenvalue weighted by Crippen LogP contribution is 2.31. The SMILES string of the molecule is O=S(=O)(CC(F)(F)F)N(Cc1cccnc1)c1ccc(Oc2ccc(Oc3cccs3)cc2)cc1. The predicted octanol–water partition coefficient (Wildman–Crippen LogP) is 6.63. The van der Waals surface area contributed by atoms with Crippen molar-refractivity contribution < 1.29 is 31.1 Å². The molecule has 2 heterocycles. The lowest BCUT2D eigenvalue weighted by atomic mass is 10.2. The number of benzene rings is 2. The Morgan fingerprint density at radius 3 is 2.03 bits per heavy atom. The van der Waals surface area contributed by atoms with Crippen LogP contribution in [0.1, 0.15) is 5.56 Å². The highest BCUT2D eigenvalue weighted by Gasteiger charge is 2.38. The van der Waals surface area contributed by atoms with Gasteiger partial charge < -0.3 is 9.47 Å². The van der Waals surface area contributed by atoms with Crippen LogP contribution in [0.2, 0.25) is 0 Å². The Labute approximate surface area is 204 Å². The minimum atomic E-state index is -4.88. The maximum atomic E-state index is 13.0. The second-order valence-electron chi connectivity index (χ2n) is 7.34. The van der Waals surface area contributed by atoms with Gasteiger partial charge in [-0.2, -0.15) is 13.2 Å². The lowest BCUT2D eigenvalue weighted by Gasteiger charge is -2.25. The summed E-state index contributed by atoms with van der Waals surface area (Å²) in [6.07, 6.45) is -1.99. The van der Waals surface area contributed by atoms with Crippen LogP contribution in [0, 0.1) is 0 Å². The monoisotopic (exact) mass is 520 g/mol. The first kappa shape index (κ1) is 24.6. The molecule has 0 aliphatic rings. The summed E-state index contributed by atoms with van der Waals surface area (Å²) in [5.41, 5.74) is 0.522. The Morgan fingerprint density at radius 1 is 0.857 bits per heavy atom. The molecule has 0 atom stereocenters. The van der Waals surface area contributed by atoms with Crippen LogP contribution < -0.4 is 13.8 Å². The van der Waals surface area contributed by atoms with Crippen molar-refractivity contribution in [3.8, 4) is 22.3 Å². The molecule has 0 saturated heterocycles. The van der Waals surface area contributed by atoms with Crippen molar-refractivity contribution in [2.45, 2.75) is 12.7 Å². The number of halogens is 3. The number of thiophene rings is 1. The van der Waals surface area contributed by atoms with Gasteiger partial charge in [0.05, 0.1) is 12.2 Å². The van der Waals surface area contributed by atoms with Crippen LogP contribution >= 0.6 is 11.3 Å². The van der Waals surface area contributed by atoms with Gasteiger partial charge in [-0.3, -0.25) is 9.29 Å². The lowest BCUT2D eigenvalue weighted by Crippen LogP contribution is -2.37. The summed E-state index contributed by atoms with van der Waals surface area (Å²) in [5, 5.41) is 2.66. The van der Waals surface area contributed by atoms with E-state index in [-0.39, 0.29) is 12.2 Å². The summed E-state index contributed by atoms with van der Waals surface area (Å²) >= 11 is 1.47. The molecular formula is C24H19F3N2O4S2. The maximum absolute atomic E-state index is 13.0. The summed E-state index contributed by atoms with van der Waals surface area (Å²) in [4.78, 5) is 3.90. The van der Waals surface area contributed by atoms with Crippen molar-refractivity contribution in [3.05, 3.63) is 96.1 Å². The Kier molecular flexibility index (Phi) is 7.27. The minimum absolute atomic E-state index is 0.0742. The Hall–Kier alpha value is -3.57. The van der Waals surface area contributed by atoms with Crippen LogP contribution in [0.25, 0.3) is 0 Å². The molecule has 11 heteroatoms. The Balaban J connectivity index is 1.50. The zero-order valence-electron chi connectivity index (χ0n) is 18.1. The van der Waals surface area contributed by atoms with E-state index >= 15 is 0 Å². The van der Waals surface area contributed by atoms with Crippen LogP contribution in [0.5, 0.6) is 22.3 Å². The lowest BCUT2D eigenvalue weighted by molar-refractivity contribution is -0.106. The molecular weight excluding hydrogens is 501 g/mol. The van der Waals surface area contributed by atoms with Crippen molar-refractivity contribution in [1.82, 2.24) is 4.98 Å². The zero-order chi connectivity index (χ0) is 24.9. The second kappa shape index (κ2) is 10.4. The van der Waals surface area contributed by atoms with E-state index in [2.05, 4.69) is 4.98 Å². The van der Waals surface area contributed by atoms with Crippen molar-refractivity contribution in [3.63, 3.8) is 0 Å². The van der Waals surface area contributed by atoms with Gasteiger partial charge in [-0.1, -0.05) is 6.07 Å². The first-order valence-corrected chi connectivity index (χ1v) is 12.7. The number of nitrogens with zero attached hydrogens (tertiary/aromatic N) is 2. The molecule has 2 aromatic heterocycles. The highest BCUT2D eigenvalue weighted by molar-refractivity contribution is 7.92. The van der Waals surface area contributed by atoms with Crippen LogP contribution in [0.15, 0.2) is 90.6 Å². The van der Waals surface area contributed by atoms with Gasteiger partial charge in [0.1, 0.15) is 17.2 Å². The van der Waals surface area contributed by atoms with Crippen LogP contribution in [-0.2, 0) is 16.6 Å². The van der Waals surface area contributed by atoms with Gasteiger partial charge in [0, 0.05) is 12.4 Å². The Bertz CT molecular complexity index is 1330. The number of pyridine rings is 1. The average molecular weight is 521 g/mol. The standard InChI is InChI=1S/C24H19F3N2O4S2/c25-24(26,27)17-35(30,31)29(16-18-3-1-13-28-15-18)19-5-7-20(8-6-19)32-21-9-11-22(12-10-21)33-23-4-2-14-34-23/h1-15H,16-17H2. The molecule has 0 amide bonds. The number of anilines is 1. The summed E-state index contributed by atoms with van der Waals surface area (Å²) < 4.78 is 76.3. The van der Waals surface area contributed by atoms with Gasteiger partial charge in [0.15, 0.2) is 10.8 Å². The van der Waals surface area contributed by atoms with Crippen molar-refractivity contribution >= 4 is 27.0 Å². The Morgan fingerprint density at radius 2 is 1.49 bits per heavy atom. The van der Waals surface area contributed by atoms with Crippen LogP contribution in [-0.4, -0.2) is 25.3 Å². The molecule has 4 rings (SSSR count). The van der Waals surface area contributed by atoms with Gasteiger partial charge in [-0.15, -0.1) is 11.3 Å². The maximum Gasteiger partial charge on any atom is 0.404 e. The molecule has 0 fully saturated rings. The van der Waals surface area contributed by atoms with Crippen molar-refractivity contribution in [1.29, 1.82) is 0 Å². The normalized spacial score (nSPS) is 11.7. The number of sulfonamides is 1. The number of hydrogen-bond acceptors (Lipinski definition) is 6. The van der Waals surface area contributed by atoms with Gasteiger partial charge in [0.2, 0.25) is 10.0 Å². The van der Waals surface area contributed by atoms with E-state index in [0.29, 0.717) is 22.8 Å². The topological polar surface area (TPSA) is 68.7 Å². The number of rotatable bonds is 9. The fraction of sp³-hybridized carbons (Fsp3) is 0.125. The fourth-order valence-electron chi connectivity index (χ4n) is 3.12. The van der Waals surface area contributed by atoms with Crippen LogP contribution in [0.4, 0.5) is 18.9 Å². The minimum Gasteiger partial charge on any atom is -0.457 e. The third-order valence-electron chi connectivity index (χ3n) is 4.63. The number of ether oxygens (including phenoxy) is 2. The smallest absolute Gasteiger partial charge is 0.404 e. The predicted molar refractivity (Wildman–Crippen MR) is 128 cm³/mol. The van der Waals surface area contributed by atoms with Crippen molar-refractivity contribution in [2.24, 2.45) is 0 Å². The van der Waals surface area contributed by atoms with Gasteiger partial charge in [-0.05, 0) is 77.7 Å². The number of aromatic nitrogens is 1. The number of alkyl halides is 3. The quantitative estimate of drug-likeness (QED) is 0.248. The molecule has 0 aliphatic heterocycles. The third kappa shape index (κ3) is 6.96. The third-order valence-corrected chi connectivity index (χ3v) is 7.08. The molecule has 0 unspecified atom stereocenters. The molecule has 0 saturated carbocycles. The van der Waals surface area contributed by atoms with E-state index in [4.69, 9.17) is 9.47 Å². The highest BCUT2D eigenvalue weighted by atomic mass is 32.2. The molecule has 4 aromatic rings. The molecule has 0 bridgehead atoms. The summed E-state index contributed by atoms with van der Waals surface area (Å²) in [6, 6.07) is 19.6. The van der Waals surface area contributed by atoms with E-state index in [1.807, 2.05) is 17.5 Å².